The molecule has 0 amide bonds. The number of Topliss-reactive ketones (excluding diaryl/α,β-unsaturated/α-hetero) is 1. The molecule has 2 heterocycles. The Labute approximate surface area is 163 Å². The van der Waals surface area contributed by atoms with E-state index in [9.17, 15) is 9.59 Å². The van der Waals surface area contributed by atoms with Gasteiger partial charge < -0.3 is 19.5 Å². The van der Waals surface area contributed by atoms with Crippen molar-refractivity contribution in [1.82, 2.24) is 10.3 Å². The lowest BCUT2D eigenvalue weighted by atomic mass is 9.90. The minimum Gasteiger partial charge on any atom is -0.462 e. The van der Waals surface area contributed by atoms with Crippen molar-refractivity contribution in [2.24, 2.45) is 0 Å². The van der Waals surface area contributed by atoms with E-state index >= 15 is 0 Å². The molecule has 0 aromatic carbocycles. The van der Waals surface area contributed by atoms with Crippen molar-refractivity contribution in [3.63, 3.8) is 0 Å². The lowest BCUT2D eigenvalue weighted by Gasteiger charge is -2.35. The minimum absolute atomic E-state index is 0.0489. The second-order valence-corrected chi connectivity index (χ2v) is 6.86. The number of halogens is 1. The van der Waals surface area contributed by atoms with Gasteiger partial charge in [-0.2, -0.15) is 0 Å². The fraction of sp³-hybridized carbons (Fsp3) is 0.526. The first-order valence-electron chi connectivity index (χ1n) is 9.11. The summed E-state index contributed by atoms with van der Waals surface area (Å²) in [4.78, 5) is 29.0. The van der Waals surface area contributed by atoms with Gasteiger partial charge in [0.05, 0.1) is 25.4 Å². The Bertz CT molecular complexity index is 721. The first kappa shape index (κ1) is 19.8. The van der Waals surface area contributed by atoms with E-state index in [1.54, 1.807) is 13.0 Å². The van der Waals surface area contributed by atoms with Gasteiger partial charge in [0.2, 0.25) is 5.78 Å². The lowest BCUT2D eigenvalue weighted by Crippen LogP contribution is -2.41. The SMILES string of the molecule is CCOC(=O)C(=CNC1CCC2(CC1)OCCO2)C(=O)c1cccnc1Cl. The van der Waals surface area contributed by atoms with Crippen LogP contribution >= 0.6 is 11.6 Å². The molecule has 1 aliphatic carbocycles. The molecule has 1 aromatic heterocycles. The van der Waals surface area contributed by atoms with E-state index < -0.39 is 17.5 Å². The number of aromatic nitrogens is 1. The Kier molecular flexibility index (Phi) is 6.46. The van der Waals surface area contributed by atoms with Crippen LogP contribution in [0.2, 0.25) is 5.15 Å². The van der Waals surface area contributed by atoms with E-state index in [-0.39, 0.29) is 28.9 Å². The van der Waals surface area contributed by atoms with Gasteiger partial charge in [0.1, 0.15) is 10.7 Å². The number of esters is 1. The highest BCUT2D eigenvalue weighted by molar-refractivity contribution is 6.35. The Morgan fingerprint density at radius 3 is 2.70 bits per heavy atom. The fourth-order valence-electron chi connectivity index (χ4n) is 3.34. The quantitative estimate of drug-likeness (QED) is 0.198. The van der Waals surface area contributed by atoms with Crippen molar-refractivity contribution < 1.29 is 23.8 Å². The molecule has 0 radical (unpaired) electrons. The Morgan fingerprint density at radius 1 is 1.37 bits per heavy atom. The summed E-state index contributed by atoms with van der Waals surface area (Å²) in [6.45, 7) is 3.12. The van der Waals surface area contributed by atoms with Crippen LogP contribution in [0.25, 0.3) is 0 Å². The number of rotatable bonds is 6. The molecule has 3 rings (SSSR count). The molecule has 146 valence electrons. The third kappa shape index (κ3) is 4.66. The van der Waals surface area contributed by atoms with E-state index in [1.165, 1.54) is 18.5 Å². The summed E-state index contributed by atoms with van der Waals surface area (Å²) in [6.07, 6.45) is 6.09. The highest BCUT2D eigenvalue weighted by atomic mass is 35.5. The monoisotopic (exact) mass is 394 g/mol. The first-order chi connectivity index (χ1) is 13.0. The predicted octanol–water partition coefficient (Wildman–Crippen LogP) is 2.64. The molecule has 2 aliphatic rings. The molecule has 0 atom stereocenters. The van der Waals surface area contributed by atoms with E-state index in [0.29, 0.717) is 13.2 Å². The summed E-state index contributed by atoms with van der Waals surface area (Å²) in [5.41, 5.74) is 0.0658. The van der Waals surface area contributed by atoms with Crippen LogP contribution in [0.5, 0.6) is 0 Å². The number of hydrogen-bond acceptors (Lipinski definition) is 7. The van der Waals surface area contributed by atoms with Crippen molar-refractivity contribution in [2.75, 3.05) is 19.8 Å². The van der Waals surface area contributed by atoms with E-state index in [0.717, 1.165) is 25.7 Å². The van der Waals surface area contributed by atoms with Gasteiger partial charge in [0.15, 0.2) is 5.79 Å². The van der Waals surface area contributed by atoms with Gasteiger partial charge in [-0.1, -0.05) is 11.6 Å². The van der Waals surface area contributed by atoms with E-state index in [1.807, 2.05) is 0 Å². The van der Waals surface area contributed by atoms with Crippen LogP contribution in [-0.2, 0) is 19.0 Å². The van der Waals surface area contributed by atoms with Crippen molar-refractivity contribution in [1.29, 1.82) is 0 Å². The van der Waals surface area contributed by atoms with Gasteiger partial charge in [-0.05, 0) is 31.9 Å². The van der Waals surface area contributed by atoms with Crippen LogP contribution in [-0.4, -0.2) is 48.4 Å². The summed E-state index contributed by atoms with van der Waals surface area (Å²) in [6, 6.07) is 3.24. The molecule has 1 aromatic rings. The number of ketones is 1. The molecule has 1 aliphatic heterocycles. The van der Waals surface area contributed by atoms with E-state index in [4.69, 9.17) is 25.8 Å². The van der Waals surface area contributed by atoms with Gasteiger partial charge >= 0.3 is 5.97 Å². The maximum Gasteiger partial charge on any atom is 0.343 e. The molecule has 0 bridgehead atoms. The highest BCUT2D eigenvalue weighted by Crippen LogP contribution is 2.35. The highest BCUT2D eigenvalue weighted by Gasteiger charge is 2.40. The molecule has 1 saturated carbocycles. The molecule has 2 fully saturated rings. The third-order valence-electron chi connectivity index (χ3n) is 4.77. The molecular weight excluding hydrogens is 372 g/mol. The van der Waals surface area contributed by atoms with Crippen molar-refractivity contribution in [3.8, 4) is 0 Å². The van der Waals surface area contributed by atoms with Gasteiger partial charge in [0, 0.05) is 31.3 Å². The van der Waals surface area contributed by atoms with Crippen molar-refractivity contribution >= 4 is 23.4 Å². The van der Waals surface area contributed by atoms with Crippen LogP contribution in [0.15, 0.2) is 30.1 Å². The maximum atomic E-state index is 12.8. The predicted molar refractivity (Wildman–Crippen MR) is 98.3 cm³/mol. The molecule has 8 heteroatoms. The van der Waals surface area contributed by atoms with Crippen LogP contribution in [0.3, 0.4) is 0 Å². The minimum atomic E-state index is -0.690. The first-order valence-corrected chi connectivity index (χ1v) is 9.49. The van der Waals surface area contributed by atoms with Crippen LogP contribution in [0.1, 0.15) is 43.0 Å². The lowest BCUT2D eigenvalue weighted by molar-refractivity contribution is -0.179. The number of pyridine rings is 1. The third-order valence-corrected chi connectivity index (χ3v) is 5.07. The Morgan fingerprint density at radius 2 is 2.07 bits per heavy atom. The maximum absolute atomic E-state index is 12.8. The van der Waals surface area contributed by atoms with Gasteiger partial charge in [-0.15, -0.1) is 0 Å². The van der Waals surface area contributed by atoms with Crippen LogP contribution in [0.4, 0.5) is 0 Å². The molecular formula is C19H23ClN2O5. The van der Waals surface area contributed by atoms with Gasteiger partial charge in [-0.25, -0.2) is 9.78 Å². The zero-order valence-corrected chi connectivity index (χ0v) is 16.0. The Hall–Kier alpha value is -1.96. The topological polar surface area (TPSA) is 86.8 Å². The zero-order valence-electron chi connectivity index (χ0n) is 15.2. The molecule has 27 heavy (non-hydrogen) atoms. The van der Waals surface area contributed by atoms with Gasteiger partial charge in [0.25, 0.3) is 0 Å². The zero-order chi connectivity index (χ0) is 19.3. The summed E-state index contributed by atoms with van der Waals surface area (Å²) < 4.78 is 16.5. The van der Waals surface area contributed by atoms with E-state index in [2.05, 4.69) is 10.3 Å². The molecule has 1 N–H and O–H groups in total. The summed E-state index contributed by atoms with van der Waals surface area (Å²) >= 11 is 6.00. The van der Waals surface area contributed by atoms with Gasteiger partial charge in [-0.3, -0.25) is 4.79 Å². The normalized spacial score (nSPS) is 19.9. The molecule has 1 saturated heterocycles. The largest absolute Gasteiger partial charge is 0.462 e. The molecule has 0 unspecified atom stereocenters. The van der Waals surface area contributed by atoms with Crippen molar-refractivity contribution in [2.45, 2.75) is 44.4 Å². The number of nitrogens with zero attached hydrogens (tertiary/aromatic N) is 1. The molecule has 1 spiro atoms. The average Bonchev–Trinajstić information content (AvgIpc) is 3.12. The van der Waals surface area contributed by atoms with Crippen LogP contribution < -0.4 is 5.32 Å². The second kappa shape index (κ2) is 8.82. The average molecular weight is 395 g/mol. The molecule has 7 nitrogen and oxygen atoms in total. The number of hydrogen-bond donors (Lipinski definition) is 1. The number of nitrogens with one attached hydrogen (secondary N) is 1. The van der Waals surface area contributed by atoms with Crippen molar-refractivity contribution in [3.05, 3.63) is 40.8 Å². The second-order valence-electron chi connectivity index (χ2n) is 6.50. The van der Waals surface area contributed by atoms with Crippen LogP contribution in [0, 0.1) is 0 Å². The summed E-state index contributed by atoms with van der Waals surface area (Å²) in [5, 5.41) is 3.23. The number of ether oxygens (including phenoxy) is 3. The number of carbonyl (C=O) groups excluding carboxylic acids is 2. The number of carbonyl (C=O) groups is 2. The smallest absolute Gasteiger partial charge is 0.343 e. The standard InChI is InChI=1S/C19H23ClN2O5/c1-2-25-18(24)15(16(23)14-4-3-9-21-17(14)20)12-22-13-5-7-19(8-6-13)26-10-11-27-19/h3-4,9,12-13,22H,2,5-8,10-11H2,1H3. The Balaban J connectivity index is 1.70. The summed E-state index contributed by atoms with van der Waals surface area (Å²) in [7, 11) is 0. The summed E-state index contributed by atoms with van der Waals surface area (Å²) in [5.74, 6) is -1.66. The fourth-order valence-corrected chi connectivity index (χ4v) is 3.54.